The highest BCUT2D eigenvalue weighted by Crippen LogP contribution is 2.45. The topological polar surface area (TPSA) is 237 Å². The van der Waals surface area contributed by atoms with Crippen LogP contribution in [-0.4, -0.2) is 96.7 Å². The van der Waals surface area contributed by atoms with Gasteiger partial charge in [0.1, 0.15) is 19.3 Å². The first-order chi connectivity index (χ1) is 44.4. The van der Waals surface area contributed by atoms with Crippen molar-refractivity contribution in [3.8, 4) is 0 Å². The Kier molecular flexibility index (Phi) is 63.7. The number of phosphoric acid groups is 2. The summed E-state index contributed by atoms with van der Waals surface area (Å²) >= 11 is 0. The van der Waals surface area contributed by atoms with Crippen LogP contribution in [0.15, 0.2) is 0 Å². The third-order valence-electron chi connectivity index (χ3n) is 17.7. The summed E-state index contributed by atoms with van der Waals surface area (Å²) in [5.74, 6) is -0.516. The molecule has 0 aliphatic rings. The van der Waals surface area contributed by atoms with Crippen LogP contribution in [0.2, 0.25) is 0 Å². The van der Waals surface area contributed by atoms with E-state index in [4.69, 9.17) is 37.0 Å². The van der Waals surface area contributed by atoms with E-state index in [9.17, 15) is 43.2 Å². The number of hydrogen-bond acceptors (Lipinski definition) is 15. The molecule has 0 heterocycles. The monoisotopic (exact) mass is 1350 g/mol. The molecule has 0 saturated heterocycles. The first-order valence-corrected chi connectivity index (χ1v) is 41.1. The fraction of sp³-hybridized carbons (Fsp3) is 0.945. The molecule has 0 aromatic rings. The molecule has 0 rings (SSSR count). The van der Waals surface area contributed by atoms with E-state index in [1.807, 2.05) is 0 Å². The molecule has 546 valence electrons. The van der Waals surface area contributed by atoms with Gasteiger partial charge in [-0.3, -0.25) is 37.3 Å². The third-order valence-corrected chi connectivity index (χ3v) is 19.6. The Bertz CT molecular complexity index is 1790. The Hall–Kier alpha value is -1.94. The van der Waals surface area contributed by atoms with Crippen LogP contribution in [-0.2, 0) is 65.4 Å². The number of unbranched alkanes of at least 4 members (excludes halogenated alkanes) is 40. The molecule has 0 saturated carbocycles. The van der Waals surface area contributed by atoms with Gasteiger partial charge in [0.15, 0.2) is 12.2 Å². The van der Waals surface area contributed by atoms with E-state index in [0.29, 0.717) is 25.7 Å². The van der Waals surface area contributed by atoms with Crippen molar-refractivity contribution < 1.29 is 80.2 Å². The second kappa shape index (κ2) is 65.0. The lowest BCUT2D eigenvalue weighted by Gasteiger charge is -2.21. The predicted molar refractivity (Wildman–Crippen MR) is 372 cm³/mol. The molecule has 0 spiro atoms. The number of carbonyl (C=O) groups is 4. The minimum atomic E-state index is -4.95. The van der Waals surface area contributed by atoms with E-state index in [-0.39, 0.29) is 25.7 Å². The van der Waals surface area contributed by atoms with Gasteiger partial charge in [0.05, 0.1) is 26.4 Å². The Morgan fingerprint density at radius 2 is 0.522 bits per heavy atom. The normalized spacial score (nSPS) is 14.7. The molecule has 7 atom stereocenters. The van der Waals surface area contributed by atoms with Crippen molar-refractivity contribution in [3.63, 3.8) is 0 Å². The highest BCUT2D eigenvalue weighted by Gasteiger charge is 2.30. The van der Waals surface area contributed by atoms with Crippen molar-refractivity contribution in [2.45, 2.75) is 394 Å². The van der Waals surface area contributed by atoms with Crippen molar-refractivity contribution in [3.05, 3.63) is 0 Å². The van der Waals surface area contributed by atoms with Gasteiger partial charge in [-0.15, -0.1) is 0 Å². The van der Waals surface area contributed by atoms with E-state index in [1.165, 1.54) is 186 Å². The Morgan fingerprint density at radius 3 is 0.772 bits per heavy atom. The van der Waals surface area contributed by atoms with Gasteiger partial charge in [0.25, 0.3) is 0 Å². The van der Waals surface area contributed by atoms with Crippen LogP contribution in [0.4, 0.5) is 0 Å². The minimum Gasteiger partial charge on any atom is -0.462 e. The van der Waals surface area contributed by atoms with Gasteiger partial charge in [-0.25, -0.2) is 9.13 Å². The van der Waals surface area contributed by atoms with Gasteiger partial charge in [-0.2, -0.15) is 0 Å². The summed E-state index contributed by atoms with van der Waals surface area (Å²) in [6.07, 6.45) is 51.7. The lowest BCUT2D eigenvalue weighted by molar-refractivity contribution is -0.161. The molecule has 17 nitrogen and oxygen atoms in total. The fourth-order valence-corrected chi connectivity index (χ4v) is 12.6. The van der Waals surface area contributed by atoms with Crippen LogP contribution < -0.4 is 0 Å². The van der Waals surface area contributed by atoms with Crippen LogP contribution in [0.1, 0.15) is 375 Å². The van der Waals surface area contributed by atoms with Gasteiger partial charge < -0.3 is 33.8 Å². The van der Waals surface area contributed by atoms with Crippen molar-refractivity contribution >= 4 is 39.5 Å². The van der Waals surface area contributed by atoms with Gasteiger partial charge in [0.2, 0.25) is 0 Å². The number of ether oxygens (including phenoxy) is 4. The molecule has 0 aliphatic heterocycles. The molecule has 19 heteroatoms. The molecular formula is C73H142O17P2. The van der Waals surface area contributed by atoms with Crippen LogP contribution >= 0.6 is 15.6 Å². The van der Waals surface area contributed by atoms with Crippen LogP contribution in [0, 0.1) is 11.8 Å². The van der Waals surface area contributed by atoms with Crippen molar-refractivity contribution in [1.29, 1.82) is 0 Å². The second-order valence-electron chi connectivity index (χ2n) is 26.8. The lowest BCUT2D eigenvalue weighted by Crippen LogP contribution is -2.30. The quantitative estimate of drug-likeness (QED) is 0.0222. The summed E-state index contributed by atoms with van der Waals surface area (Å²) in [5, 5.41) is 10.6. The van der Waals surface area contributed by atoms with Crippen LogP contribution in [0.25, 0.3) is 0 Å². The predicted octanol–water partition coefficient (Wildman–Crippen LogP) is 21.2. The number of aliphatic hydroxyl groups excluding tert-OH is 1. The average molecular weight is 1350 g/mol. The minimum absolute atomic E-state index is 0.104. The van der Waals surface area contributed by atoms with Gasteiger partial charge >= 0.3 is 39.5 Å². The molecule has 0 fully saturated rings. The third kappa shape index (κ3) is 64.1. The highest BCUT2D eigenvalue weighted by molar-refractivity contribution is 7.47. The standard InChI is InChI=1S/C73H142O17P2/c1-7-11-13-15-16-17-18-19-20-21-22-26-29-32-38-44-50-56-71(76)84-62-69(90-72(77)57-51-45-39-33-30-27-24-23-25-28-31-36-42-47-53-65(5)9-3)64-88-92(81,82)86-60-67(74)59-85-91(79,80)87-63-68(61-83-70(75)55-49-41-14-12-8-2)89-73(78)58-52-46-40-35-34-37-43-48-54-66(6)10-4/h65-69,74H,7-64H2,1-6H3,(H,79,80)(H,81,82)/t65?,66?,67-,68+,69+/m0/s1. The number of hydrogen-bond donors (Lipinski definition) is 3. The molecule has 4 unspecified atom stereocenters. The zero-order chi connectivity index (χ0) is 67.9. The van der Waals surface area contributed by atoms with E-state index < -0.39 is 97.5 Å². The molecule has 3 N–H and O–H groups in total. The smallest absolute Gasteiger partial charge is 0.462 e. The molecule has 0 aromatic heterocycles. The zero-order valence-corrected chi connectivity index (χ0v) is 61.6. The van der Waals surface area contributed by atoms with Crippen molar-refractivity contribution in [2.75, 3.05) is 39.6 Å². The molecule has 92 heavy (non-hydrogen) atoms. The molecule has 0 aromatic carbocycles. The lowest BCUT2D eigenvalue weighted by atomic mass is 9.99. The molecular weight excluding hydrogens is 1210 g/mol. The average Bonchev–Trinajstić information content (AvgIpc) is 3.45. The van der Waals surface area contributed by atoms with Crippen molar-refractivity contribution in [2.24, 2.45) is 11.8 Å². The first-order valence-electron chi connectivity index (χ1n) is 38.1. The molecule has 0 radical (unpaired) electrons. The molecule has 0 amide bonds. The van der Waals surface area contributed by atoms with E-state index in [2.05, 4.69) is 41.5 Å². The maximum Gasteiger partial charge on any atom is 0.472 e. The van der Waals surface area contributed by atoms with Crippen LogP contribution in [0.3, 0.4) is 0 Å². The van der Waals surface area contributed by atoms with E-state index in [0.717, 1.165) is 108 Å². The second-order valence-corrected chi connectivity index (χ2v) is 29.7. The number of rotatable bonds is 72. The van der Waals surface area contributed by atoms with Gasteiger partial charge in [-0.05, 0) is 37.5 Å². The molecule has 0 aliphatic carbocycles. The van der Waals surface area contributed by atoms with Gasteiger partial charge in [-0.1, -0.05) is 324 Å². The van der Waals surface area contributed by atoms with Crippen LogP contribution in [0.5, 0.6) is 0 Å². The summed E-state index contributed by atoms with van der Waals surface area (Å²) in [5.41, 5.74) is 0. The highest BCUT2D eigenvalue weighted by atomic mass is 31.2. The summed E-state index contributed by atoms with van der Waals surface area (Å²) in [4.78, 5) is 72.4. The number of phosphoric ester groups is 2. The first kappa shape index (κ1) is 90.1. The van der Waals surface area contributed by atoms with Crippen molar-refractivity contribution in [1.82, 2.24) is 0 Å². The summed E-state index contributed by atoms with van der Waals surface area (Å²) < 4.78 is 68.2. The van der Waals surface area contributed by atoms with Gasteiger partial charge in [0, 0.05) is 25.7 Å². The number of esters is 4. The number of aliphatic hydroxyl groups is 1. The maximum absolute atomic E-state index is 13.1. The summed E-state index contributed by atoms with van der Waals surface area (Å²) in [7, 11) is -9.90. The molecule has 0 bridgehead atoms. The largest absolute Gasteiger partial charge is 0.472 e. The number of carbonyl (C=O) groups excluding carboxylic acids is 4. The fourth-order valence-electron chi connectivity index (χ4n) is 11.1. The Labute approximate surface area is 562 Å². The Morgan fingerprint density at radius 1 is 0.304 bits per heavy atom. The van der Waals surface area contributed by atoms with E-state index >= 15 is 0 Å². The van der Waals surface area contributed by atoms with E-state index in [1.54, 1.807) is 0 Å². The summed E-state index contributed by atoms with van der Waals surface area (Å²) in [6, 6.07) is 0. The summed E-state index contributed by atoms with van der Waals surface area (Å²) in [6.45, 7) is 9.53. The SMILES string of the molecule is CCCCCCCCCCCCCCCCCCCC(=O)OC[C@H](COP(=O)(O)OC[C@@H](O)COP(=O)(O)OC[C@@H](COC(=O)CCCCCCC)OC(=O)CCCCCCCCCCC(C)CC)OC(=O)CCCCCCCCCCCCCCCCC(C)CC. The maximum atomic E-state index is 13.1. The Balaban J connectivity index is 5.16. The zero-order valence-electron chi connectivity index (χ0n) is 59.9.